The Morgan fingerprint density at radius 3 is 2.58 bits per heavy atom. The SMILES string of the molecule is CNC(C)c1cc(C)ccc1OCCC(C)(C)OC. The minimum absolute atomic E-state index is 0.139. The van der Waals surface area contributed by atoms with Gasteiger partial charge in [0.05, 0.1) is 12.2 Å². The topological polar surface area (TPSA) is 30.5 Å². The third kappa shape index (κ3) is 4.84. The standard InChI is InChI=1S/C16H27NO2/c1-12-7-8-15(14(11-12)13(2)17-5)19-10-9-16(3,4)18-6/h7-8,11,13,17H,9-10H2,1-6H3. The molecule has 1 aromatic carbocycles. The number of ether oxygens (including phenoxy) is 2. The molecule has 0 heterocycles. The molecule has 0 aliphatic heterocycles. The van der Waals surface area contributed by atoms with Crippen molar-refractivity contribution in [2.24, 2.45) is 0 Å². The van der Waals surface area contributed by atoms with Crippen molar-refractivity contribution in [1.82, 2.24) is 5.32 Å². The van der Waals surface area contributed by atoms with Crippen LogP contribution in [0.1, 0.15) is 44.4 Å². The summed E-state index contributed by atoms with van der Waals surface area (Å²) in [5.41, 5.74) is 2.32. The van der Waals surface area contributed by atoms with Gasteiger partial charge in [0.1, 0.15) is 5.75 Å². The van der Waals surface area contributed by atoms with Crippen molar-refractivity contribution < 1.29 is 9.47 Å². The van der Waals surface area contributed by atoms with Crippen LogP contribution in [0.25, 0.3) is 0 Å². The molecule has 0 aliphatic rings. The van der Waals surface area contributed by atoms with Gasteiger partial charge in [-0.2, -0.15) is 0 Å². The van der Waals surface area contributed by atoms with Crippen molar-refractivity contribution in [1.29, 1.82) is 0 Å². The van der Waals surface area contributed by atoms with E-state index in [2.05, 4.69) is 51.2 Å². The smallest absolute Gasteiger partial charge is 0.124 e. The molecule has 0 aliphatic carbocycles. The van der Waals surface area contributed by atoms with Crippen molar-refractivity contribution in [3.05, 3.63) is 29.3 Å². The van der Waals surface area contributed by atoms with Gasteiger partial charge in [-0.05, 0) is 40.8 Å². The zero-order valence-corrected chi connectivity index (χ0v) is 13.0. The molecule has 1 rings (SSSR count). The fourth-order valence-electron chi connectivity index (χ4n) is 1.80. The summed E-state index contributed by atoms with van der Waals surface area (Å²) in [6.45, 7) is 9.04. The Morgan fingerprint density at radius 1 is 1.32 bits per heavy atom. The number of benzene rings is 1. The minimum atomic E-state index is -0.139. The van der Waals surface area contributed by atoms with Crippen molar-refractivity contribution >= 4 is 0 Å². The number of hydrogen-bond acceptors (Lipinski definition) is 3. The van der Waals surface area contributed by atoms with Crippen LogP contribution in [0.4, 0.5) is 0 Å². The molecule has 3 nitrogen and oxygen atoms in total. The molecule has 1 aromatic rings. The monoisotopic (exact) mass is 265 g/mol. The maximum atomic E-state index is 5.93. The van der Waals surface area contributed by atoms with Crippen LogP contribution < -0.4 is 10.1 Å². The van der Waals surface area contributed by atoms with E-state index in [0.29, 0.717) is 6.61 Å². The van der Waals surface area contributed by atoms with Crippen LogP contribution in [-0.2, 0) is 4.74 Å². The molecule has 1 unspecified atom stereocenters. The highest BCUT2D eigenvalue weighted by molar-refractivity contribution is 5.38. The van der Waals surface area contributed by atoms with Crippen LogP contribution in [0, 0.1) is 6.92 Å². The minimum Gasteiger partial charge on any atom is -0.493 e. The highest BCUT2D eigenvalue weighted by atomic mass is 16.5. The van der Waals surface area contributed by atoms with E-state index in [-0.39, 0.29) is 11.6 Å². The van der Waals surface area contributed by atoms with Crippen molar-refractivity contribution in [3.63, 3.8) is 0 Å². The summed E-state index contributed by atoms with van der Waals surface area (Å²) in [6, 6.07) is 6.60. The average Bonchev–Trinajstić information content (AvgIpc) is 2.39. The lowest BCUT2D eigenvalue weighted by atomic mass is 10.0. The molecule has 3 heteroatoms. The average molecular weight is 265 g/mol. The van der Waals surface area contributed by atoms with Gasteiger partial charge in [0.25, 0.3) is 0 Å². The van der Waals surface area contributed by atoms with Crippen LogP contribution in [0.15, 0.2) is 18.2 Å². The molecule has 0 radical (unpaired) electrons. The Hall–Kier alpha value is -1.06. The Balaban J connectivity index is 2.72. The fourth-order valence-corrected chi connectivity index (χ4v) is 1.80. The first kappa shape index (κ1) is 16.0. The van der Waals surface area contributed by atoms with E-state index in [1.807, 2.05) is 7.05 Å². The predicted octanol–water partition coefficient (Wildman–Crippen LogP) is 3.47. The molecular weight excluding hydrogens is 238 g/mol. The Bertz CT molecular complexity index is 402. The molecule has 1 atom stereocenters. The predicted molar refractivity (Wildman–Crippen MR) is 79.9 cm³/mol. The summed E-state index contributed by atoms with van der Waals surface area (Å²) >= 11 is 0. The molecule has 0 saturated heterocycles. The van der Waals surface area contributed by atoms with Crippen LogP contribution in [0.2, 0.25) is 0 Å². The van der Waals surface area contributed by atoms with Gasteiger partial charge in [-0.1, -0.05) is 17.7 Å². The molecule has 0 saturated carbocycles. The summed E-state index contributed by atoms with van der Waals surface area (Å²) in [6.07, 6.45) is 0.866. The molecule has 19 heavy (non-hydrogen) atoms. The largest absolute Gasteiger partial charge is 0.493 e. The first-order valence-electron chi connectivity index (χ1n) is 6.85. The molecular formula is C16H27NO2. The zero-order chi connectivity index (χ0) is 14.5. The van der Waals surface area contributed by atoms with Crippen molar-refractivity contribution in [2.45, 2.75) is 45.8 Å². The van der Waals surface area contributed by atoms with Gasteiger partial charge in [0, 0.05) is 25.1 Å². The summed E-state index contributed by atoms with van der Waals surface area (Å²) < 4.78 is 11.3. The molecule has 0 fully saturated rings. The van der Waals surface area contributed by atoms with E-state index in [1.165, 1.54) is 11.1 Å². The van der Waals surface area contributed by atoms with E-state index in [9.17, 15) is 0 Å². The van der Waals surface area contributed by atoms with Gasteiger partial charge in [0.2, 0.25) is 0 Å². The van der Waals surface area contributed by atoms with E-state index >= 15 is 0 Å². The highest BCUT2D eigenvalue weighted by Gasteiger charge is 2.17. The number of hydrogen-bond donors (Lipinski definition) is 1. The zero-order valence-electron chi connectivity index (χ0n) is 13.0. The first-order valence-corrected chi connectivity index (χ1v) is 6.85. The van der Waals surface area contributed by atoms with Crippen LogP contribution in [-0.4, -0.2) is 26.4 Å². The normalized spacial score (nSPS) is 13.4. The van der Waals surface area contributed by atoms with E-state index in [1.54, 1.807) is 7.11 Å². The number of nitrogens with one attached hydrogen (secondary N) is 1. The van der Waals surface area contributed by atoms with Crippen LogP contribution in [0.5, 0.6) is 5.75 Å². The quantitative estimate of drug-likeness (QED) is 0.819. The fraction of sp³-hybridized carbons (Fsp3) is 0.625. The molecule has 0 spiro atoms. The maximum absolute atomic E-state index is 5.93. The Morgan fingerprint density at radius 2 is 2.00 bits per heavy atom. The second kappa shape index (κ2) is 6.92. The van der Waals surface area contributed by atoms with Gasteiger partial charge in [-0.3, -0.25) is 0 Å². The van der Waals surface area contributed by atoms with Crippen molar-refractivity contribution in [2.75, 3.05) is 20.8 Å². The van der Waals surface area contributed by atoms with Crippen molar-refractivity contribution in [3.8, 4) is 5.75 Å². The van der Waals surface area contributed by atoms with Gasteiger partial charge >= 0.3 is 0 Å². The number of rotatable bonds is 7. The molecule has 108 valence electrons. The lowest BCUT2D eigenvalue weighted by Gasteiger charge is -2.23. The van der Waals surface area contributed by atoms with E-state index < -0.39 is 0 Å². The second-order valence-electron chi connectivity index (χ2n) is 5.61. The Labute approximate surface area is 117 Å². The number of aryl methyl sites for hydroxylation is 1. The van der Waals surface area contributed by atoms with Gasteiger partial charge in [0.15, 0.2) is 0 Å². The Kier molecular flexibility index (Phi) is 5.83. The molecule has 0 amide bonds. The lowest BCUT2D eigenvalue weighted by Crippen LogP contribution is -2.25. The highest BCUT2D eigenvalue weighted by Crippen LogP contribution is 2.27. The van der Waals surface area contributed by atoms with E-state index in [4.69, 9.17) is 9.47 Å². The van der Waals surface area contributed by atoms with Gasteiger partial charge < -0.3 is 14.8 Å². The van der Waals surface area contributed by atoms with Crippen LogP contribution in [0.3, 0.4) is 0 Å². The summed E-state index contributed by atoms with van der Waals surface area (Å²) in [7, 11) is 3.70. The van der Waals surface area contributed by atoms with Gasteiger partial charge in [-0.25, -0.2) is 0 Å². The molecule has 0 aromatic heterocycles. The molecule has 0 bridgehead atoms. The van der Waals surface area contributed by atoms with Gasteiger partial charge in [-0.15, -0.1) is 0 Å². The lowest BCUT2D eigenvalue weighted by molar-refractivity contribution is 0.00535. The van der Waals surface area contributed by atoms with E-state index in [0.717, 1.165) is 12.2 Å². The third-order valence-electron chi connectivity index (χ3n) is 3.58. The third-order valence-corrected chi connectivity index (χ3v) is 3.58. The van der Waals surface area contributed by atoms with Crippen LogP contribution >= 0.6 is 0 Å². The summed E-state index contributed by atoms with van der Waals surface area (Å²) in [5, 5.41) is 3.26. The molecule has 1 N–H and O–H groups in total. The summed E-state index contributed by atoms with van der Waals surface area (Å²) in [4.78, 5) is 0. The maximum Gasteiger partial charge on any atom is 0.124 e. The number of methoxy groups -OCH3 is 1. The first-order chi connectivity index (χ1) is 8.89. The second-order valence-corrected chi connectivity index (χ2v) is 5.61. The summed E-state index contributed by atoms with van der Waals surface area (Å²) in [5.74, 6) is 0.958.